The van der Waals surface area contributed by atoms with Crippen molar-refractivity contribution in [2.24, 2.45) is 17.3 Å². The van der Waals surface area contributed by atoms with Gasteiger partial charge in [0.15, 0.2) is 0 Å². The average Bonchev–Trinajstić information content (AvgIpc) is 2.66. The molecular formula is C22H30N2O3. The van der Waals surface area contributed by atoms with Crippen LogP contribution in [0.15, 0.2) is 24.3 Å². The molecule has 0 radical (unpaired) electrons. The van der Waals surface area contributed by atoms with Gasteiger partial charge in [-0.1, -0.05) is 0 Å². The van der Waals surface area contributed by atoms with Gasteiger partial charge in [0, 0.05) is 31.9 Å². The van der Waals surface area contributed by atoms with Crippen LogP contribution in [0.1, 0.15) is 38.5 Å². The lowest BCUT2D eigenvalue weighted by molar-refractivity contribution is -0.186. The van der Waals surface area contributed by atoms with E-state index in [-0.39, 0.29) is 5.41 Å². The fourth-order valence-corrected chi connectivity index (χ4v) is 6.76. The standard InChI is InChI=1S/C22H30N2O3/c1-27-19-4-2-18(3-5-19)23-6-8-24(9-7-23)20(25)21-11-16-10-17(12-21)14-22(26,13-16)15-21/h2-5,16-17,26H,6-15H2,1H3/t16-,17-,21?,22?/m1/s1. The first-order chi connectivity index (χ1) is 13.0. The molecule has 4 aliphatic carbocycles. The highest BCUT2D eigenvalue weighted by molar-refractivity contribution is 5.84. The van der Waals surface area contributed by atoms with Gasteiger partial charge < -0.3 is 19.6 Å². The Kier molecular flexibility index (Phi) is 3.94. The van der Waals surface area contributed by atoms with E-state index in [0.717, 1.165) is 57.6 Å². The Labute approximate surface area is 161 Å². The molecule has 2 atom stereocenters. The summed E-state index contributed by atoms with van der Waals surface area (Å²) in [4.78, 5) is 17.9. The molecule has 1 aromatic carbocycles. The van der Waals surface area contributed by atoms with E-state index in [1.165, 1.54) is 12.1 Å². The van der Waals surface area contributed by atoms with E-state index in [4.69, 9.17) is 4.74 Å². The summed E-state index contributed by atoms with van der Waals surface area (Å²) in [5, 5.41) is 11.0. The number of aliphatic hydroxyl groups is 1. The lowest BCUT2D eigenvalue weighted by Gasteiger charge is -2.60. The second kappa shape index (κ2) is 6.13. The lowest BCUT2D eigenvalue weighted by Crippen LogP contribution is -2.62. The number of carbonyl (C=O) groups is 1. The number of ether oxygens (including phenoxy) is 1. The van der Waals surface area contributed by atoms with E-state index in [2.05, 4.69) is 21.9 Å². The number of piperazine rings is 1. The number of rotatable bonds is 3. The first kappa shape index (κ1) is 17.4. The van der Waals surface area contributed by atoms with Crippen LogP contribution in [0.2, 0.25) is 0 Å². The van der Waals surface area contributed by atoms with Gasteiger partial charge in [0.05, 0.1) is 18.1 Å². The molecule has 0 spiro atoms. The molecule has 1 amide bonds. The van der Waals surface area contributed by atoms with Gasteiger partial charge in [-0.25, -0.2) is 0 Å². The second-order valence-corrected chi connectivity index (χ2v) is 9.44. The van der Waals surface area contributed by atoms with E-state index in [9.17, 15) is 9.90 Å². The molecule has 0 unspecified atom stereocenters. The number of carbonyl (C=O) groups excluding carboxylic acids is 1. The molecule has 5 aliphatic rings. The fourth-order valence-electron chi connectivity index (χ4n) is 6.76. The lowest BCUT2D eigenvalue weighted by atomic mass is 9.47. The van der Waals surface area contributed by atoms with Crippen LogP contribution in [0, 0.1) is 17.3 Å². The van der Waals surface area contributed by atoms with Gasteiger partial charge in [-0.15, -0.1) is 0 Å². The third-order valence-corrected chi connectivity index (χ3v) is 7.49. The van der Waals surface area contributed by atoms with Crippen molar-refractivity contribution in [1.82, 2.24) is 4.90 Å². The zero-order valence-corrected chi connectivity index (χ0v) is 16.2. The van der Waals surface area contributed by atoms with Crippen molar-refractivity contribution in [3.8, 4) is 5.75 Å². The number of nitrogens with zero attached hydrogens (tertiary/aromatic N) is 2. The monoisotopic (exact) mass is 370 g/mol. The Morgan fingerprint density at radius 1 is 1.04 bits per heavy atom. The fraction of sp³-hybridized carbons (Fsp3) is 0.682. The summed E-state index contributed by atoms with van der Waals surface area (Å²) in [6.07, 6.45) is 5.77. The van der Waals surface area contributed by atoms with Crippen molar-refractivity contribution in [2.75, 3.05) is 38.2 Å². The minimum Gasteiger partial charge on any atom is -0.497 e. The van der Waals surface area contributed by atoms with Crippen molar-refractivity contribution in [2.45, 2.75) is 44.1 Å². The molecule has 4 bridgehead atoms. The minimum absolute atomic E-state index is 0.277. The Morgan fingerprint density at radius 3 is 2.22 bits per heavy atom. The molecule has 1 aliphatic heterocycles. The number of anilines is 1. The Balaban J connectivity index is 1.26. The summed E-state index contributed by atoms with van der Waals surface area (Å²) in [5.74, 6) is 2.30. The molecule has 1 heterocycles. The quantitative estimate of drug-likeness (QED) is 0.889. The largest absolute Gasteiger partial charge is 0.497 e. The summed E-state index contributed by atoms with van der Waals surface area (Å²) >= 11 is 0. The van der Waals surface area contributed by atoms with Crippen LogP contribution in [0.4, 0.5) is 5.69 Å². The van der Waals surface area contributed by atoms with Gasteiger partial charge in [-0.2, -0.15) is 0 Å². The summed E-state index contributed by atoms with van der Waals surface area (Å²) in [5.41, 5.74) is 0.346. The van der Waals surface area contributed by atoms with Crippen molar-refractivity contribution >= 4 is 11.6 Å². The molecule has 6 rings (SSSR count). The number of methoxy groups -OCH3 is 1. The van der Waals surface area contributed by atoms with Crippen LogP contribution in [0.25, 0.3) is 0 Å². The summed E-state index contributed by atoms with van der Waals surface area (Å²) < 4.78 is 5.24. The molecule has 146 valence electrons. The molecule has 5 heteroatoms. The molecule has 5 nitrogen and oxygen atoms in total. The topological polar surface area (TPSA) is 53.0 Å². The smallest absolute Gasteiger partial charge is 0.229 e. The van der Waals surface area contributed by atoms with Crippen LogP contribution in [0.3, 0.4) is 0 Å². The predicted molar refractivity (Wildman–Crippen MR) is 104 cm³/mol. The van der Waals surface area contributed by atoms with Crippen LogP contribution in [0.5, 0.6) is 5.75 Å². The van der Waals surface area contributed by atoms with Crippen LogP contribution < -0.4 is 9.64 Å². The average molecular weight is 370 g/mol. The number of amides is 1. The highest BCUT2D eigenvalue weighted by Crippen LogP contribution is 2.62. The second-order valence-electron chi connectivity index (χ2n) is 9.44. The van der Waals surface area contributed by atoms with Crippen molar-refractivity contribution in [3.63, 3.8) is 0 Å². The molecule has 1 N–H and O–H groups in total. The molecule has 27 heavy (non-hydrogen) atoms. The van der Waals surface area contributed by atoms with E-state index in [0.29, 0.717) is 24.2 Å². The summed E-state index contributed by atoms with van der Waals surface area (Å²) in [6.45, 7) is 3.29. The SMILES string of the molecule is COc1ccc(N2CCN(C(=O)C34C[C@H]5C[C@@H](CC(O)(C5)C3)C4)CC2)cc1. The molecule has 4 saturated carbocycles. The van der Waals surface area contributed by atoms with Crippen LogP contribution >= 0.6 is 0 Å². The molecule has 1 aromatic rings. The maximum Gasteiger partial charge on any atom is 0.229 e. The van der Waals surface area contributed by atoms with Crippen LogP contribution in [-0.2, 0) is 4.79 Å². The highest BCUT2D eigenvalue weighted by Gasteiger charge is 2.60. The Hall–Kier alpha value is -1.75. The van der Waals surface area contributed by atoms with Crippen molar-refractivity contribution in [3.05, 3.63) is 24.3 Å². The van der Waals surface area contributed by atoms with Gasteiger partial charge >= 0.3 is 0 Å². The molecule has 1 saturated heterocycles. The van der Waals surface area contributed by atoms with Gasteiger partial charge in [0.1, 0.15) is 5.75 Å². The van der Waals surface area contributed by atoms with E-state index in [1.807, 2.05) is 12.1 Å². The minimum atomic E-state index is -0.565. The molecule has 0 aromatic heterocycles. The first-order valence-corrected chi connectivity index (χ1v) is 10.4. The Bertz CT molecular complexity index is 710. The third-order valence-electron chi connectivity index (χ3n) is 7.49. The van der Waals surface area contributed by atoms with Crippen molar-refractivity contribution < 1.29 is 14.6 Å². The van der Waals surface area contributed by atoms with Crippen LogP contribution in [-0.4, -0.2) is 54.8 Å². The summed E-state index contributed by atoms with van der Waals surface area (Å²) in [7, 11) is 1.68. The number of benzene rings is 1. The van der Waals surface area contributed by atoms with Gasteiger partial charge in [-0.05, 0) is 74.6 Å². The van der Waals surface area contributed by atoms with E-state index < -0.39 is 5.60 Å². The van der Waals surface area contributed by atoms with Gasteiger partial charge in [0.2, 0.25) is 5.91 Å². The van der Waals surface area contributed by atoms with Gasteiger partial charge in [0.25, 0.3) is 0 Å². The van der Waals surface area contributed by atoms with E-state index in [1.54, 1.807) is 7.11 Å². The number of hydrogen-bond donors (Lipinski definition) is 1. The predicted octanol–water partition coefficient (Wildman–Crippen LogP) is 2.68. The normalized spacial score (nSPS) is 37.6. The molecule has 5 fully saturated rings. The zero-order valence-electron chi connectivity index (χ0n) is 16.2. The summed E-state index contributed by atoms with van der Waals surface area (Å²) in [6, 6.07) is 8.15. The van der Waals surface area contributed by atoms with E-state index >= 15 is 0 Å². The Morgan fingerprint density at radius 2 is 1.67 bits per heavy atom. The zero-order chi connectivity index (χ0) is 18.6. The van der Waals surface area contributed by atoms with Gasteiger partial charge in [-0.3, -0.25) is 4.79 Å². The number of hydrogen-bond acceptors (Lipinski definition) is 4. The molecular weight excluding hydrogens is 340 g/mol. The maximum atomic E-state index is 13.5. The van der Waals surface area contributed by atoms with Crippen molar-refractivity contribution in [1.29, 1.82) is 0 Å². The first-order valence-electron chi connectivity index (χ1n) is 10.4. The highest BCUT2D eigenvalue weighted by atomic mass is 16.5. The third kappa shape index (κ3) is 2.91. The maximum absolute atomic E-state index is 13.5.